The topological polar surface area (TPSA) is 95.6 Å². The van der Waals surface area contributed by atoms with Crippen LogP contribution in [-0.4, -0.2) is 32.4 Å². The molecule has 0 aromatic heterocycles. The van der Waals surface area contributed by atoms with E-state index < -0.39 is 22.1 Å². The van der Waals surface area contributed by atoms with Gasteiger partial charge in [-0.1, -0.05) is 66.7 Å². The molecule has 0 radical (unpaired) electrons. The zero-order valence-corrected chi connectivity index (χ0v) is 20.2. The quantitative estimate of drug-likeness (QED) is 0.510. The molecule has 7 nitrogen and oxygen atoms in total. The van der Waals surface area contributed by atoms with E-state index in [1.807, 2.05) is 79.2 Å². The highest BCUT2D eigenvalue weighted by atomic mass is 32.2. The van der Waals surface area contributed by atoms with Crippen LogP contribution < -0.4 is 14.9 Å². The minimum absolute atomic E-state index is 0.00387. The number of para-hydroxylation sites is 1. The fourth-order valence-electron chi connectivity index (χ4n) is 3.71. The summed E-state index contributed by atoms with van der Waals surface area (Å²) in [7, 11) is -4.11. The van der Waals surface area contributed by atoms with Gasteiger partial charge < -0.3 is 10.2 Å². The molecule has 0 aliphatic rings. The fourth-order valence-corrected chi connectivity index (χ4v) is 4.87. The van der Waals surface area contributed by atoms with Gasteiger partial charge in [-0.25, -0.2) is 17.9 Å². The van der Waals surface area contributed by atoms with Crippen LogP contribution in [-0.2, 0) is 21.2 Å². The highest BCUT2D eigenvalue weighted by Gasteiger charge is 2.30. The standard InChI is InChI=1S/C26H29N3O4S/c1-19(2)29(22-15-8-5-9-16-22)25(30)23(18-21-13-6-4-7-14-21)27-26(31)28-34(32,33)24-17-11-10-12-20(24)3/h4-17,19,23H,18H2,1-3H3,(H2,27,28,31). The number of carbonyl (C=O) groups excluding carboxylic acids is 2. The summed E-state index contributed by atoms with van der Waals surface area (Å²) >= 11 is 0. The Morgan fingerprint density at radius 3 is 2.00 bits per heavy atom. The Balaban J connectivity index is 1.87. The number of amides is 3. The molecule has 3 rings (SSSR count). The van der Waals surface area contributed by atoms with E-state index in [-0.39, 0.29) is 23.3 Å². The molecule has 8 heteroatoms. The Hall–Kier alpha value is -3.65. The number of carbonyl (C=O) groups is 2. The van der Waals surface area contributed by atoms with E-state index in [9.17, 15) is 18.0 Å². The van der Waals surface area contributed by atoms with Crippen molar-refractivity contribution in [3.63, 3.8) is 0 Å². The van der Waals surface area contributed by atoms with Crippen LogP contribution in [0, 0.1) is 6.92 Å². The molecule has 0 saturated carbocycles. The summed E-state index contributed by atoms with van der Waals surface area (Å²) in [5.41, 5.74) is 2.03. The van der Waals surface area contributed by atoms with Gasteiger partial charge in [-0.15, -0.1) is 0 Å². The third kappa shape index (κ3) is 6.23. The Bertz CT molecular complexity index is 1230. The van der Waals surface area contributed by atoms with E-state index in [4.69, 9.17) is 0 Å². The Morgan fingerprint density at radius 1 is 0.853 bits per heavy atom. The molecular formula is C26H29N3O4S. The predicted octanol–water partition coefficient (Wildman–Crippen LogP) is 4.04. The van der Waals surface area contributed by atoms with Crippen molar-refractivity contribution in [3.8, 4) is 0 Å². The minimum Gasteiger partial charge on any atom is -0.325 e. The van der Waals surface area contributed by atoms with Crippen LogP contribution in [0.15, 0.2) is 89.8 Å². The first-order chi connectivity index (χ1) is 16.2. The summed E-state index contributed by atoms with van der Waals surface area (Å²) < 4.78 is 27.6. The van der Waals surface area contributed by atoms with Crippen LogP contribution in [0.5, 0.6) is 0 Å². The lowest BCUT2D eigenvalue weighted by Gasteiger charge is -2.31. The molecule has 34 heavy (non-hydrogen) atoms. The van der Waals surface area contributed by atoms with Gasteiger partial charge in [-0.05, 0) is 50.1 Å². The number of benzene rings is 3. The van der Waals surface area contributed by atoms with Gasteiger partial charge in [0.05, 0.1) is 4.90 Å². The van der Waals surface area contributed by atoms with E-state index in [0.717, 1.165) is 5.56 Å². The third-order valence-electron chi connectivity index (χ3n) is 5.28. The maximum absolute atomic E-state index is 13.6. The molecule has 0 aliphatic heterocycles. The molecule has 2 N–H and O–H groups in total. The highest BCUT2D eigenvalue weighted by molar-refractivity contribution is 7.90. The number of sulfonamides is 1. The monoisotopic (exact) mass is 479 g/mol. The molecule has 0 heterocycles. The lowest BCUT2D eigenvalue weighted by molar-refractivity contribution is -0.120. The number of hydrogen-bond donors (Lipinski definition) is 2. The van der Waals surface area contributed by atoms with Gasteiger partial charge in [-0.2, -0.15) is 0 Å². The van der Waals surface area contributed by atoms with Crippen molar-refractivity contribution in [2.75, 3.05) is 4.90 Å². The lowest BCUT2D eigenvalue weighted by atomic mass is 10.0. The van der Waals surface area contributed by atoms with Crippen LogP contribution in [0.3, 0.4) is 0 Å². The van der Waals surface area contributed by atoms with Gasteiger partial charge in [0.25, 0.3) is 10.0 Å². The fraction of sp³-hybridized carbons (Fsp3) is 0.231. The number of hydrogen-bond acceptors (Lipinski definition) is 4. The van der Waals surface area contributed by atoms with E-state index in [1.165, 1.54) is 6.07 Å². The molecule has 3 aromatic carbocycles. The second kappa shape index (κ2) is 11.0. The van der Waals surface area contributed by atoms with Crippen LogP contribution in [0.1, 0.15) is 25.0 Å². The van der Waals surface area contributed by atoms with E-state index in [0.29, 0.717) is 11.3 Å². The first kappa shape index (κ1) is 25.0. The van der Waals surface area contributed by atoms with Gasteiger partial charge >= 0.3 is 6.03 Å². The Labute approximate surface area is 200 Å². The molecule has 0 spiro atoms. The van der Waals surface area contributed by atoms with Crippen molar-refractivity contribution >= 4 is 27.6 Å². The van der Waals surface area contributed by atoms with Crippen molar-refractivity contribution in [2.24, 2.45) is 0 Å². The number of nitrogens with zero attached hydrogens (tertiary/aromatic N) is 1. The van der Waals surface area contributed by atoms with Crippen molar-refractivity contribution < 1.29 is 18.0 Å². The maximum Gasteiger partial charge on any atom is 0.329 e. The molecule has 3 aromatic rings. The molecule has 1 atom stereocenters. The predicted molar refractivity (Wildman–Crippen MR) is 133 cm³/mol. The molecule has 0 bridgehead atoms. The smallest absolute Gasteiger partial charge is 0.325 e. The van der Waals surface area contributed by atoms with E-state index >= 15 is 0 Å². The van der Waals surface area contributed by atoms with E-state index in [1.54, 1.807) is 30.0 Å². The molecule has 178 valence electrons. The first-order valence-electron chi connectivity index (χ1n) is 11.0. The molecule has 0 saturated heterocycles. The Morgan fingerprint density at radius 2 is 1.41 bits per heavy atom. The number of aryl methyl sites for hydroxylation is 1. The van der Waals surface area contributed by atoms with Crippen LogP contribution in [0.2, 0.25) is 0 Å². The number of rotatable bonds is 8. The molecule has 3 amide bonds. The summed E-state index contributed by atoms with van der Waals surface area (Å²) in [5, 5.41) is 2.60. The van der Waals surface area contributed by atoms with Crippen molar-refractivity contribution in [3.05, 3.63) is 96.1 Å². The van der Waals surface area contributed by atoms with Crippen molar-refractivity contribution in [1.82, 2.24) is 10.0 Å². The second-order valence-corrected chi connectivity index (χ2v) is 9.88. The number of nitrogens with one attached hydrogen (secondary N) is 2. The zero-order valence-electron chi connectivity index (χ0n) is 19.4. The van der Waals surface area contributed by atoms with Crippen LogP contribution in [0.25, 0.3) is 0 Å². The zero-order chi connectivity index (χ0) is 24.7. The number of urea groups is 1. The van der Waals surface area contributed by atoms with E-state index in [2.05, 4.69) is 5.32 Å². The minimum atomic E-state index is -4.11. The SMILES string of the molecule is Cc1ccccc1S(=O)(=O)NC(=O)NC(Cc1ccccc1)C(=O)N(c1ccccc1)C(C)C. The van der Waals surface area contributed by atoms with Crippen LogP contribution >= 0.6 is 0 Å². The largest absolute Gasteiger partial charge is 0.329 e. The summed E-state index contributed by atoms with van der Waals surface area (Å²) in [4.78, 5) is 28.1. The van der Waals surface area contributed by atoms with Gasteiger partial charge in [0.2, 0.25) is 5.91 Å². The lowest BCUT2D eigenvalue weighted by Crippen LogP contribution is -2.54. The van der Waals surface area contributed by atoms with Crippen molar-refractivity contribution in [1.29, 1.82) is 0 Å². The molecular weight excluding hydrogens is 450 g/mol. The average Bonchev–Trinajstić information content (AvgIpc) is 2.79. The number of anilines is 1. The Kier molecular flexibility index (Phi) is 8.07. The van der Waals surface area contributed by atoms with Gasteiger partial charge in [0, 0.05) is 18.2 Å². The summed E-state index contributed by atoms with van der Waals surface area (Å²) in [5.74, 6) is -0.339. The van der Waals surface area contributed by atoms with Crippen molar-refractivity contribution in [2.45, 2.75) is 44.2 Å². The van der Waals surface area contributed by atoms with Gasteiger partial charge in [-0.3, -0.25) is 4.79 Å². The molecule has 0 fully saturated rings. The normalized spacial score (nSPS) is 12.1. The first-order valence-corrected chi connectivity index (χ1v) is 12.5. The van der Waals surface area contributed by atoms with Crippen LogP contribution in [0.4, 0.5) is 10.5 Å². The van der Waals surface area contributed by atoms with Gasteiger partial charge in [0.15, 0.2) is 0 Å². The maximum atomic E-state index is 13.6. The summed E-state index contributed by atoms with van der Waals surface area (Å²) in [6, 6.07) is 22.7. The highest BCUT2D eigenvalue weighted by Crippen LogP contribution is 2.19. The average molecular weight is 480 g/mol. The molecule has 1 unspecified atom stereocenters. The van der Waals surface area contributed by atoms with Gasteiger partial charge in [0.1, 0.15) is 6.04 Å². The second-order valence-electron chi connectivity index (χ2n) is 8.22. The third-order valence-corrected chi connectivity index (χ3v) is 6.78. The molecule has 0 aliphatic carbocycles. The summed E-state index contributed by atoms with van der Waals surface area (Å²) in [6.45, 7) is 5.41. The summed E-state index contributed by atoms with van der Waals surface area (Å²) in [6.07, 6.45) is 0.202.